The average molecular weight is 533 g/mol. The molecule has 0 saturated carbocycles. The largest absolute Gasteiger partial charge is 0.435 e. The molecule has 2 fully saturated rings. The molecule has 2 saturated heterocycles. The zero-order valence-electron chi connectivity index (χ0n) is 22.5. The van der Waals surface area contributed by atoms with Crippen molar-refractivity contribution in [3.05, 3.63) is 71.8 Å². The number of benzene rings is 2. The summed E-state index contributed by atoms with van der Waals surface area (Å²) < 4.78 is 20.0. The zero-order valence-corrected chi connectivity index (χ0v) is 22.5. The number of nitrogens with zero attached hydrogens (tertiary/aromatic N) is 5. The second kappa shape index (κ2) is 11.0. The highest BCUT2D eigenvalue weighted by molar-refractivity contribution is 5.96. The molecule has 0 radical (unpaired) electrons. The van der Waals surface area contributed by atoms with E-state index in [1.54, 1.807) is 26.5 Å². The second-order valence-corrected chi connectivity index (χ2v) is 10.6. The van der Waals surface area contributed by atoms with Crippen molar-refractivity contribution in [2.45, 2.75) is 19.8 Å². The lowest BCUT2D eigenvalue weighted by molar-refractivity contribution is -0.114. The number of carbonyl (C=O) groups excluding carboxylic acids is 2. The lowest BCUT2D eigenvalue weighted by Crippen LogP contribution is -2.58. The van der Waals surface area contributed by atoms with Crippen molar-refractivity contribution < 1.29 is 18.7 Å². The number of likely N-dealkylation sites (tertiary alicyclic amines) is 1. The van der Waals surface area contributed by atoms with E-state index in [0.29, 0.717) is 11.7 Å². The summed E-state index contributed by atoms with van der Waals surface area (Å²) in [5, 5.41) is 2.85. The van der Waals surface area contributed by atoms with Gasteiger partial charge in [-0.3, -0.25) is 9.59 Å². The highest BCUT2D eigenvalue weighted by atomic mass is 19.1. The molecule has 0 bridgehead atoms. The Kier molecular flexibility index (Phi) is 7.47. The van der Waals surface area contributed by atoms with Crippen LogP contribution in [0.1, 0.15) is 29.3 Å². The van der Waals surface area contributed by atoms with E-state index in [0.717, 1.165) is 51.3 Å². The summed E-state index contributed by atoms with van der Waals surface area (Å²) in [6.45, 7) is 6.19. The van der Waals surface area contributed by atoms with Gasteiger partial charge in [-0.1, -0.05) is 12.1 Å². The third kappa shape index (κ3) is 6.01. The summed E-state index contributed by atoms with van der Waals surface area (Å²) >= 11 is 0. The Morgan fingerprint density at radius 3 is 2.67 bits per heavy atom. The van der Waals surface area contributed by atoms with E-state index < -0.39 is 5.82 Å². The topological polar surface area (TPSA) is 90.9 Å². The number of nitrogens with one attached hydrogen (secondary N) is 1. The van der Waals surface area contributed by atoms with Crippen molar-refractivity contribution in [2.75, 3.05) is 57.0 Å². The summed E-state index contributed by atoms with van der Waals surface area (Å²) in [6, 6.07) is 11.9. The fourth-order valence-electron chi connectivity index (χ4n) is 5.40. The molecule has 0 aliphatic carbocycles. The quantitative estimate of drug-likeness (QED) is 0.472. The van der Waals surface area contributed by atoms with Gasteiger partial charge in [0, 0.05) is 70.7 Å². The van der Waals surface area contributed by atoms with Crippen LogP contribution >= 0.6 is 0 Å². The molecule has 1 aromatic heterocycles. The summed E-state index contributed by atoms with van der Waals surface area (Å²) in [4.78, 5) is 38.9. The number of carbonyl (C=O) groups is 2. The van der Waals surface area contributed by atoms with Crippen LogP contribution in [0.25, 0.3) is 0 Å². The van der Waals surface area contributed by atoms with Crippen LogP contribution in [0, 0.1) is 11.2 Å². The van der Waals surface area contributed by atoms with Crippen molar-refractivity contribution in [2.24, 2.45) is 5.41 Å². The molecule has 1 N–H and O–H groups in total. The number of hydrogen-bond acceptors (Lipinski definition) is 7. The minimum Gasteiger partial charge on any atom is -0.435 e. The minimum absolute atomic E-state index is 0.0694. The molecular formula is C29H33FN6O3. The molecule has 2 amide bonds. The summed E-state index contributed by atoms with van der Waals surface area (Å²) in [6.07, 6.45) is 5.19. The second-order valence-electron chi connectivity index (χ2n) is 10.6. The normalized spacial score (nSPS) is 16.2. The van der Waals surface area contributed by atoms with Gasteiger partial charge in [-0.05, 0) is 55.3 Å². The molecule has 2 aliphatic heterocycles. The molecule has 2 aliphatic rings. The van der Waals surface area contributed by atoms with Gasteiger partial charge in [0.25, 0.3) is 11.8 Å². The van der Waals surface area contributed by atoms with E-state index in [9.17, 15) is 14.0 Å². The van der Waals surface area contributed by atoms with Crippen LogP contribution < -0.4 is 15.0 Å². The molecule has 2 aromatic carbocycles. The number of hydrogen-bond donors (Lipinski definition) is 1. The van der Waals surface area contributed by atoms with Gasteiger partial charge in [0.2, 0.25) is 5.91 Å². The SMILES string of the molecule is CC(=O)Nc1cccc(CCN2CCC3(C2)CN(c2nccnc2Oc2ccc(F)cc2C(=O)N(C)C)C3)c1. The molecule has 10 heteroatoms. The fraction of sp³-hybridized carbons (Fsp3) is 0.379. The van der Waals surface area contributed by atoms with Gasteiger partial charge < -0.3 is 24.8 Å². The van der Waals surface area contributed by atoms with Crippen LogP contribution in [0.3, 0.4) is 0 Å². The minimum atomic E-state index is -0.511. The number of halogens is 1. The Hall–Kier alpha value is -4.05. The van der Waals surface area contributed by atoms with Crippen molar-refractivity contribution in [1.82, 2.24) is 19.8 Å². The highest BCUT2D eigenvalue weighted by Gasteiger charge is 2.48. The Balaban J connectivity index is 1.21. The number of anilines is 2. The first kappa shape index (κ1) is 26.6. The molecule has 1 spiro atoms. The third-order valence-electron chi connectivity index (χ3n) is 7.26. The van der Waals surface area contributed by atoms with Crippen molar-refractivity contribution in [3.63, 3.8) is 0 Å². The van der Waals surface area contributed by atoms with E-state index in [2.05, 4.69) is 31.2 Å². The number of aromatic nitrogens is 2. The molecule has 0 atom stereocenters. The molecular weight excluding hydrogens is 499 g/mol. The van der Waals surface area contributed by atoms with Crippen molar-refractivity contribution in [1.29, 1.82) is 0 Å². The lowest BCUT2D eigenvalue weighted by Gasteiger charge is -2.48. The maximum Gasteiger partial charge on any atom is 0.263 e. The molecule has 3 heterocycles. The Morgan fingerprint density at radius 1 is 1.10 bits per heavy atom. The molecule has 3 aromatic rings. The Labute approximate surface area is 227 Å². The van der Waals surface area contributed by atoms with Gasteiger partial charge in [0.05, 0.1) is 5.56 Å². The molecule has 204 valence electrons. The maximum atomic E-state index is 13.9. The first-order valence-electron chi connectivity index (χ1n) is 13.1. The van der Waals surface area contributed by atoms with Gasteiger partial charge in [-0.15, -0.1) is 0 Å². The standard InChI is InChI=1S/C29H33FN6O3/c1-20(37)33-23-6-4-5-21(15-23)9-13-35-14-10-29(17-35)18-36(19-29)26-27(32-12-11-31-26)39-25-8-7-22(30)16-24(25)28(38)34(2)3/h4-8,11-12,15-16H,9-10,13-14,17-19H2,1-3H3,(H,33,37). The van der Waals surface area contributed by atoms with Crippen LogP contribution in [0.4, 0.5) is 15.9 Å². The van der Waals surface area contributed by atoms with Gasteiger partial charge in [-0.2, -0.15) is 0 Å². The van der Waals surface area contributed by atoms with Crippen LogP contribution in [0.15, 0.2) is 54.9 Å². The van der Waals surface area contributed by atoms with Crippen molar-refractivity contribution in [3.8, 4) is 11.6 Å². The van der Waals surface area contributed by atoms with E-state index in [1.807, 2.05) is 18.2 Å². The van der Waals surface area contributed by atoms with E-state index >= 15 is 0 Å². The summed E-state index contributed by atoms with van der Waals surface area (Å²) in [5.74, 6) is 0.208. The molecule has 9 nitrogen and oxygen atoms in total. The predicted molar refractivity (Wildman–Crippen MR) is 147 cm³/mol. The summed E-state index contributed by atoms with van der Waals surface area (Å²) in [5.41, 5.74) is 2.35. The Morgan fingerprint density at radius 2 is 1.90 bits per heavy atom. The molecule has 39 heavy (non-hydrogen) atoms. The number of amides is 2. The monoisotopic (exact) mass is 532 g/mol. The van der Waals surface area contributed by atoms with E-state index in [1.165, 1.54) is 35.6 Å². The van der Waals surface area contributed by atoms with Gasteiger partial charge in [-0.25, -0.2) is 14.4 Å². The third-order valence-corrected chi connectivity index (χ3v) is 7.26. The smallest absolute Gasteiger partial charge is 0.263 e. The first-order chi connectivity index (χ1) is 18.7. The van der Waals surface area contributed by atoms with Crippen molar-refractivity contribution >= 4 is 23.3 Å². The number of rotatable bonds is 8. The molecule has 0 unspecified atom stereocenters. The first-order valence-corrected chi connectivity index (χ1v) is 13.1. The average Bonchev–Trinajstić information content (AvgIpc) is 3.32. The predicted octanol–water partition coefficient (Wildman–Crippen LogP) is 3.82. The lowest BCUT2D eigenvalue weighted by atomic mass is 9.79. The van der Waals surface area contributed by atoms with E-state index in [-0.39, 0.29) is 28.5 Å². The van der Waals surface area contributed by atoms with Crippen LogP contribution in [-0.2, 0) is 11.2 Å². The van der Waals surface area contributed by atoms with Gasteiger partial charge in [0.1, 0.15) is 11.6 Å². The highest BCUT2D eigenvalue weighted by Crippen LogP contribution is 2.43. The summed E-state index contributed by atoms with van der Waals surface area (Å²) in [7, 11) is 3.22. The van der Waals surface area contributed by atoms with Crippen LogP contribution in [0.2, 0.25) is 0 Å². The van der Waals surface area contributed by atoms with E-state index in [4.69, 9.17) is 4.74 Å². The van der Waals surface area contributed by atoms with Crippen LogP contribution in [0.5, 0.6) is 11.6 Å². The van der Waals surface area contributed by atoms with Crippen LogP contribution in [-0.4, -0.2) is 78.4 Å². The molecule has 5 rings (SSSR count). The maximum absolute atomic E-state index is 13.9. The fourth-order valence-corrected chi connectivity index (χ4v) is 5.40. The zero-order chi connectivity index (χ0) is 27.6. The Bertz CT molecular complexity index is 1370. The number of ether oxygens (including phenoxy) is 1. The van der Waals surface area contributed by atoms with Gasteiger partial charge in [0.15, 0.2) is 5.82 Å². The van der Waals surface area contributed by atoms with Gasteiger partial charge >= 0.3 is 0 Å².